The highest BCUT2D eigenvalue weighted by molar-refractivity contribution is 5.88. The fourth-order valence-corrected chi connectivity index (χ4v) is 3.83. The van der Waals surface area contributed by atoms with Crippen molar-refractivity contribution in [2.75, 3.05) is 39.3 Å². The standard InChI is InChI=1S/C27H43N5O2.3C2HF3O2/c1-2-9-26(33)32-25(21-22-12-13-23-10-3-4-11-24(23)20-22)27(34)31-19-8-18-30-16-6-5-15-29-17-7-14-28;3*3-2(4,5)1(6)7/h3-4,10-13,20,25,29-30H,2,5-9,14-19,21,28H2,1H3,(H,31,34)(H,32,33);3*(H,6,7)/t25-;;;/m1.../s1. The summed E-state index contributed by atoms with van der Waals surface area (Å²) >= 11 is 0. The SMILES string of the molecule is CCCC(=O)N[C@H](Cc1ccc2ccccc2c1)C(=O)NCCCNCCCCNCCCN.O=C(O)C(F)(F)F.O=C(O)C(F)(F)F.O=C(O)C(F)(F)F. The third kappa shape index (κ3) is 28.4. The van der Waals surface area contributed by atoms with Crippen LogP contribution in [-0.2, 0) is 30.4 Å². The minimum atomic E-state index is -5.08. The summed E-state index contributed by atoms with van der Waals surface area (Å²) < 4.78 is 95.2. The van der Waals surface area contributed by atoms with Crippen molar-refractivity contribution in [2.45, 2.75) is 76.4 Å². The van der Waals surface area contributed by atoms with Crippen molar-refractivity contribution in [3.05, 3.63) is 48.0 Å². The van der Waals surface area contributed by atoms with Crippen LogP contribution in [0.15, 0.2) is 42.5 Å². The number of hydrogen-bond donors (Lipinski definition) is 8. The molecule has 0 aromatic heterocycles. The number of nitrogens with one attached hydrogen (secondary N) is 4. The first-order valence-corrected chi connectivity index (χ1v) is 16.5. The molecule has 2 rings (SSSR count). The second-order valence-corrected chi connectivity index (χ2v) is 11.2. The van der Waals surface area contributed by atoms with Crippen LogP contribution in [0.1, 0.15) is 51.0 Å². The fraction of sp³-hybridized carbons (Fsp3) is 0.545. The first-order chi connectivity index (χ1) is 25.5. The van der Waals surface area contributed by atoms with Crippen LogP contribution in [-0.4, -0.2) is 109 Å². The molecule has 2 aromatic rings. The van der Waals surface area contributed by atoms with Gasteiger partial charge < -0.3 is 42.3 Å². The highest BCUT2D eigenvalue weighted by Crippen LogP contribution is 2.17. The van der Waals surface area contributed by atoms with Gasteiger partial charge in [-0.25, -0.2) is 14.4 Å². The Morgan fingerprint density at radius 2 is 1.09 bits per heavy atom. The van der Waals surface area contributed by atoms with Gasteiger partial charge in [0.15, 0.2) is 0 Å². The van der Waals surface area contributed by atoms with Gasteiger partial charge in [-0.1, -0.05) is 49.4 Å². The maximum atomic E-state index is 12.9. The van der Waals surface area contributed by atoms with E-state index in [4.69, 9.17) is 35.4 Å². The van der Waals surface area contributed by atoms with Gasteiger partial charge in [-0.15, -0.1) is 0 Å². The summed E-state index contributed by atoms with van der Waals surface area (Å²) in [5, 5.41) is 36.4. The largest absolute Gasteiger partial charge is 0.490 e. The Morgan fingerprint density at radius 1 is 0.655 bits per heavy atom. The van der Waals surface area contributed by atoms with Crippen molar-refractivity contribution in [3.8, 4) is 0 Å². The Labute approximate surface area is 310 Å². The molecule has 22 heteroatoms. The lowest BCUT2D eigenvalue weighted by Gasteiger charge is -2.19. The molecule has 314 valence electrons. The van der Waals surface area contributed by atoms with E-state index in [2.05, 4.69) is 45.5 Å². The van der Waals surface area contributed by atoms with Crippen molar-refractivity contribution in [1.82, 2.24) is 21.3 Å². The Morgan fingerprint density at radius 3 is 1.53 bits per heavy atom. The van der Waals surface area contributed by atoms with Gasteiger partial charge in [0, 0.05) is 19.4 Å². The highest BCUT2D eigenvalue weighted by Gasteiger charge is 2.39. The van der Waals surface area contributed by atoms with E-state index in [0.717, 1.165) is 81.2 Å². The lowest BCUT2D eigenvalue weighted by Crippen LogP contribution is -2.48. The molecule has 9 N–H and O–H groups in total. The first-order valence-electron chi connectivity index (χ1n) is 16.5. The van der Waals surface area contributed by atoms with Gasteiger partial charge in [0.05, 0.1) is 0 Å². The smallest absolute Gasteiger partial charge is 0.475 e. The van der Waals surface area contributed by atoms with Crippen molar-refractivity contribution in [2.24, 2.45) is 5.73 Å². The van der Waals surface area contributed by atoms with Crippen molar-refractivity contribution >= 4 is 40.5 Å². The summed E-state index contributed by atoms with van der Waals surface area (Å²) in [5.41, 5.74) is 6.51. The van der Waals surface area contributed by atoms with Gasteiger partial charge in [-0.05, 0) is 81.2 Å². The zero-order valence-electron chi connectivity index (χ0n) is 29.7. The number of carboxylic acid groups (broad SMARTS) is 3. The van der Waals surface area contributed by atoms with Gasteiger partial charge in [-0.2, -0.15) is 39.5 Å². The summed E-state index contributed by atoms with van der Waals surface area (Å²) in [4.78, 5) is 51.8. The molecule has 0 aliphatic carbocycles. The number of unbranched alkanes of at least 4 members (excludes halogenated alkanes) is 1. The van der Waals surface area contributed by atoms with Crippen LogP contribution in [0.3, 0.4) is 0 Å². The van der Waals surface area contributed by atoms with E-state index in [1.54, 1.807) is 0 Å². The summed E-state index contributed by atoms with van der Waals surface area (Å²) in [7, 11) is 0. The van der Waals surface area contributed by atoms with Crippen molar-refractivity contribution in [1.29, 1.82) is 0 Å². The molecule has 1 atom stereocenters. The molecule has 0 bridgehead atoms. The summed E-state index contributed by atoms with van der Waals surface area (Å²) in [6.45, 7) is 7.14. The highest BCUT2D eigenvalue weighted by atomic mass is 19.4. The third-order valence-electron chi connectivity index (χ3n) is 6.45. The second-order valence-electron chi connectivity index (χ2n) is 11.2. The van der Waals surface area contributed by atoms with Crippen molar-refractivity contribution < 1.29 is 78.8 Å². The van der Waals surface area contributed by atoms with Gasteiger partial charge in [0.2, 0.25) is 11.8 Å². The van der Waals surface area contributed by atoms with E-state index in [1.807, 2.05) is 25.1 Å². The monoisotopic (exact) mass is 811 g/mol. The number of carbonyl (C=O) groups excluding carboxylic acids is 2. The molecule has 2 aromatic carbocycles. The summed E-state index contributed by atoms with van der Waals surface area (Å²) in [5.74, 6) is -8.48. The normalized spacial score (nSPS) is 11.7. The second kappa shape index (κ2) is 27.8. The molecule has 0 saturated heterocycles. The number of hydrogen-bond acceptors (Lipinski definition) is 8. The predicted molar refractivity (Wildman–Crippen MR) is 182 cm³/mol. The number of rotatable bonds is 18. The number of alkyl halides is 9. The van der Waals surface area contributed by atoms with Crippen LogP contribution in [0.25, 0.3) is 10.8 Å². The van der Waals surface area contributed by atoms with Gasteiger partial charge in [-0.3, -0.25) is 9.59 Å². The number of benzene rings is 2. The van der Waals surface area contributed by atoms with E-state index in [-0.39, 0.29) is 11.8 Å². The Bertz CT molecular complexity index is 1390. The fourth-order valence-electron chi connectivity index (χ4n) is 3.83. The summed E-state index contributed by atoms with van der Waals surface area (Å²) in [6.07, 6.45) is -9.45. The van der Waals surface area contributed by atoms with Crippen LogP contribution >= 0.6 is 0 Å². The van der Waals surface area contributed by atoms with E-state index < -0.39 is 42.5 Å². The quantitative estimate of drug-likeness (QED) is 0.0780. The summed E-state index contributed by atoms with van der Waals surface area (Å²) in [6, 6.07) is 13.8. The molecule has 0 aliphatic rings. The molecule has 13 nitrogen and oxygen atoms in total. The number of amides is 2. The molecule has 0 radical (unpaired) electrons. The minimum absolute atomic E-state index is 0.0809. The van der Waals surface area contributed by atoms with Crippen LogP contribution in [0, 0.1) is 0 Å². The average molecular weight is 812 g/mol. The maximum Gasteiger partial charge on any atom is 0.490 e. The number of fused-ring (bicyclic) bond motifs is 1. The van der Waals surface area contributed by atoms with E-state index in [9.17, 15) is 49.1 Å². The first kappa shape index (κ1) is 52.4. The maximum absolute atomic E-state index is 12.9. The number of carbonyl (C=O) groups is 5. The zero-order chi connectivity index (χ0) is 42.7. The van der Waals surface area contributed by atoms with E-state index >= 15 is 0 Å². The predicted octanol–water partition coefficient (Wildman–Crippen LogP) is 4.38. The molecule has 0 fully saturated rings. The Kier molecular flexibility index (Phi) is 26.5. The topological polar surface area (TPSA) is 220 Å². The number of nitrogens with two attached hydrogens (primary N) is 1. The Balaban J connectivity index is 0. The minimum Gasteiger partial charge on any atom is -0.475 e. The molecular formula is C33H46F9N5O8. The van der Waals surface area contributed by atoms with E-state index in [1.165, 1.54) is 0 Å². The number of carboxylic acids is 3. The molecule has 2 amide bonds. The van der Waals surface area contributed by atoms with Crippen molar-refractivity contribution in [3.63, 3.8) is 0 Å². The lowest BCUT2D eigenvalue weighted by molar-refractivity contribution is -0.193. The average Bonchev–Trinajstić information content (AvgIpc) is 3.08. The molecule has 0 heterocycles. The third-order valence-corrected chi connectivity index (χ3v) is 6.45. The molecule has 0 unspecified atom stereocenters. The van der Waals surface area contributed by atoms with E-state index in [0.29, 0.717) is 19.4 Å². The zero-order valence-corrected chi connectivity index (χ0v) is 29.7. The molecular weight excluding hydrogens is 765 g/mol. The molecule has 0 saturated carbocycles. The van der Waals surface area contributed by atoms with Gasteiger partial charge in [0.25, 0.3) is 0 Å². The van der Waals surface area contributed by atoms with Gasteiger partial charge >= 0.3 is 36.4 Å². The number of aliphatic carboxylic acids is 3. The molecule has 55 heavy (non-hydrogen) atoms. The number of halogens is 9. The lowest BCUT2D eigenvalue weighted by atomic mass is 10.0. The van der Waals surface area contributed by atoms with Crippen LogP contribution in [0.2, 0.25) is 0 Å². The Hall–Kier alpha value is -4.70. The van der Waals surface area contributed by atoms with Crippen LogP contribution in [0.4, 0.5) is 39.5 Å². The van der Waals surface area contributed by atoms with Crippen LogP contribution < -0.4 is 27.0 Å². The molecule has 0 spiro atoms. The van der Waals surface area contributed by atoms with Crippen LogP contribution in [0.5, 0.6) is 0 Å². The molecule has 0 aliphatic heterocycles. The van der Waals surface area contributed by atoms with Gasteiger partial charge in [0.1, 0.15) is 6.04 Å².